The molecule has 0 heterocycles. The molecule has 11 rings (SSSR count). The summed E-state index contributed by atoms with van der Waals surface area (Å²) in [5, 5.41) is 0. The van der Waals surface area contributed by atoms with Gasteiger partial charge in [0.25, 0.3) is 0 Å². The quantitative estimate of drug-likeness (QED) is 0.121. The van der Waals surface area contributed by atoms with Crippen molar-refractivity contribution in [2.24, 2.45) is 0 Å². The highest BCUT2D eigenvalue weighted by molar-refractivity contribution is 5.91. The molecule has 0 radical (unpaired) electrons. The Balaban J connectivity index is 0.944. The Morgan fingerprint density at radius 3 is 1.15 bits per heavy atom. The molecule has 2 nitrogen and oxygen atoms in total. The van der Waals surface area contributed by atoms with Crippen LogP contribution in [0.5, 0.6) is 0 Å². The van der Waals surface area contributed by atoms with Crippen LogP contribution in [0, 0.1) is 0 Å². The van der Waals surface area contributed by atoms with Gasteiger partial charge in [-0.2, -0.15) is 0 Å². The largest absolute Gasteiger partial charge is 0.311 e. The summed E-state index contributed by atoms with van der Waals surface area (Å²) >= 11 is 0. The molecule has 68 heavy (non-hydrogen) atoms. The Morgan fingerprint density at radius 2 is 0.632 bits per heavy atom. The van der Waals surface area contributed by atoms with Crippen molar-refractivity contribution in [2.75, 3.05) is 9.80 Å². The van der Waals surface area contributed by atoms with Gasteiger partial charge in [0.2, 0.25) is 0 Å². The van der Waals surface area contributed by atoms with Gasteiger partial charge in [-0.25, -0.2) is 0 Å². The first-order valence-corrected chi connectivity index (χ1v) is 23.5. The van der Waals surface area contributed by atoms with E-state index in [1.54, 1.807) is 0 Å². The maximum absolute atomic E-state index is 2.37. The third-order valence-electron chi connectivity index (χ3n) is 13.0. The molecule has 2 heteroatoms. The Kier molecular flexibility index (Phi) is 12.0. The molecule has 0 bridgehead atoms. The van der Waals surface area contributed by atoms with Gasteiger partial charge in [-0.3, -0.25) is 0 Å². The zero-order chi connectivity index (χ0) is 45.5. The van der Waals surface area contributed by atoms with Crippen LogP contribution in [-0.2, 0) is 0 Å². The fourth-order valence-corrected chi connectivity index (χ4v) is 9.45. The summed E-state index contributed by atoms with van der Waals surface area (Å²) in [4.78, 5) is 4.69. The number of hydrogen-bond acceptors (Lipinski definition) is 2. The van der Waals surface area contributed by atoms with Gasteiger partial charge in [-0.1, -0.05) is 200 Å². The van der Waals surface area contributed by atoms with Crippen LogP contribution in [0.25, 0.3) is 61.2 Å². The number of rotatable bonds is 12. The highest BCUT2D eigenvalue weighted by Gasteiger charge is 2.18. The number of hydrogen-bond donors (Lipinski definition) is 0. The maximum atomic E-state index is 2.37. The maximum Gasteiger partial charge on any atom is 0.0468 e. The second kappa shape index (κ2) is 19.4. The van der Waals surface area contributed by atoms with Crippen LogP contribution in [0.1, 0.15) is 18.4 Å². The lowest BCUT2D eigenvalue weighted by molar-refractivity contribution is 1.05. The van der Waals surface area contributed by atoms with E-state index in [-0.39, 0.29) is 0 Å². The fourth-order valence-electron chi connectivity index (χ4n) is 9.45. The molecule has 0 saturated heterocycles. The van der Waals surface area contributed by atoms with Crippen molar-refractivity contribution in [3.8, 4) is 55.6 Å². The van der Waals surface area contributed by atoms with Gasteiger partial charge in [0.05, 0.1) is 0 Å². The molecular weight excluding hydrogens is 821 g/mol. The van der Waals surface area contributed by atoms with Crippen LogP contribution in [0.15, 0.2) is 279 Å². The van der Waals surface area contributed by atoms with Crippen molar-refractivity contribution in [1.82, 2.24) is 0 Å². The van der Waals surface area contributed by atoms with Gasteiger partial charge >= 0.3 is 0 Å². The lowest BCUT2D eigenvalue weighted by Crippen LogP contribution is -2.10. The van der Waals surface area contributed by atoms with Crippen LogP contribution < -0.4 is 9.80 Å². The average Bonchev–Trinajstić information content (AvgIpc) is 3.43. The molecule has 0 N–H and O–H groups in total. The Morgan fingerprint density at radius 1 is 0.250 bits per heavy atom. The summed E-state index contributed by atoms with van der Waals surface area (Å²) in [6.45, 7) is 0. The van der Waals surface area contributed by atoms with Crippen LogP contribution in [0.3, 0.4) is 0 Å². The van der Waals surface area contributed by atoms with Gasteiger partial charge in [0.1, 0.15) is 0 Å². The molecule has 10 aromatic carbocycles. The molecule has 0 saturated carbocycles. The topological polar surface area (TPSA) is 6.48 Å². The summed E-state index contributed by atoms with van der Waals surface area (Å²) in [5.74, 6) is 0. The number of nitrogens with zero attached hydrogens (tertiary/aromatic N) is 2. The third kappa shape index (κ3) is 8.96. The van der Waals surface area contributed by atoms with Crippen LogP contribution in [-0.4, -0.2) is 0 Å². The molecule has 324 valence electrons. The molecule has 0 aliphatic heterocycles. The van der Waals surface area contributed by atoms with E-state index < -0.39 is 0 Å². The molecule has 0 fully saturated rings. The second-order valence-corrected chi connectivity index (χ2v) is 17.3. The predicted octanol–water partition coefficient (Wildman–Crippen LogP) is 18.7. The Hall–Kier alpha value is -8.72. The van der Waals surface area contributed by atoms with Crippen molar-refractivity contribution in [1.29, 1.82) is 0 Å². The molecule has 0 atom stereocenters. The molecule has 0 unspecified atom stereocenters. The number of allylic oxidation sites excluding steroid dienone is 4. The van der Waals surface area contributed by atoms with Gasteiger partial charge < -0.3 is 9.80 Å². The van der Waals surface area contributed by atoms with E-state index in [0.29, 0.717) is 0 Å². The molecule has 0 amide bonds. The minimum Gasteiger partial charge on any atom is -0.311 e. The van der Waals surface area contributed by atoms with E-state index in [4.69, 9.17) is 0 Å². The lowest BCUT2D eigenvalue weighted by Gasteiger charge is -2.27. The first-order chi connectivity index (χ1) is 33.7. The van der Waals surface area contributed by atoms with Crippen molar-refractivity contribution in [3.63, 3.8) is 0 Å². The molecular formula is C66H50N2. The van der Waals surface area contributed by atoms with Gasteiger partial charge in [0.15, 0.2) is 0 Å². The zero-order valence-electron chi connectivity index (χ0n) is 37.9. The summed E-state index contributed by atoms with van der Waals surface area (Å²) < 4.78 is 0. The highest BCUT2D eigenvalue weighted by Crippen LogP contribution is 2.43. The first kappa shape index (κ1) is 41.9. The van der Waals surface area contributed by atoms with E-state index in [0.717, 1.165) is 52.5 Å². The molecule has 0 aromatic heterocycles. The van der Waals surface area contributed by atoms with Crippen molar-refractivity contribution in [2.45, 2.75) is 12.8 Å². The Labute approximate surface area is 400 Å². The lowest BCUT2D eigenvalue weighted by atomic mass is 9.91. The van der Waals surface area contributed by atoms with E-state index >= 15 is 0 Å². The van der Waals surface area contributed by atoms with Crippen molar-refractivity contribution in [3.05, 3.63) is 285 Å². The SMILES string of the molecule is C1=CCCC(c2ccc(N(c3ccccc3)c3ccc(-c4ccc(-c5ccc(N(c6ccccc6)c6ccc(-c7ccccc7)cc6)cc5)cc4)c(-c4cccc(-c5ccccc5)c4)c3)cc2)=C1. The van der Waals surface area contributed by atoms with Crippen LogP contribution >= 0.6 is 0 Å². The molecule has 10 aromatic rings. The zero-order valence-corrected chi connectivity index (χ0v) is 37.9. The van der Waals surface area contributed by atoms with Crippen LogP contribution in [0.4, 0.5) is 34.1 Å². The summed E-state index contributed by atoms with van der Waals surface area (Å²) in [6, 6.07) is 94.4. The van der Waals surface area contributed by atoms with Gasteiger partial charge in [-0.15, -0.1) is 0 Å². The average molecular weight is 871 g/mol. The normalized spacial score (nSPS) is 12.0. The number of para-hydroxylation sites is 2. The van der Waals surface area contributed by atoms with E-state index in [9.17, 15) is 0 Å². The fraction of sp³-hybridized carbons (Fsp3) is 0.0303. The standard InChI is InChI=1S/C66H50N2/c1-6-17-49(18-7-1)53-33-39-61(40-34-53)67(59-25-12-4-13-26-59)62-41-37-55(38-42-62)52-29-31-56(32-30-52)65-46-45-64(48-66(65)58-24-16-23-57(47-58)51-21-10-3-11-22-51)68(60-27-14-5-15-28-60)63-43-35-54(36-44-63)50-19-8-2-9-20-50/h1-8,10-19,21-48H,9,20H2. The molecule has 0 spiro atoms. The van der Waals surface area contributed by atoms with E-state index in [1.807, 2.05) is 0 Å². The molecule has 1 aliphatic carbocycles. The van der Waals surface area contributed by atoms with Gasteiger partial charge in [0, 0.05) is 34.1 Å². The van der Waals surface area contributed by atoms with Crippen LogP contribution in [0.2, 0.25) is 0 Å². The van der Waals surface area contributed by atoms with E-state index in [2.05, 4.69) is 289 Å². The predicted molar refractivity (Wildman–Crippen MR) is 289 cm³/mol. The summed E-state index contributed by atoms with van der Waals surface area (Å²) in [6.07, 6.45) is 8.82. The summed E-state index contributed by atoms with van der Waals surface area (Å²) in [5.41, 5.74) is 21.1. The van der Waals surface area contributed by atoms with E-state index in [1.165, 1.54) is 61.2 Å². The second-order valence-electron chi connectivity index (χ2n) is 17.3. The number of benzene rings is 10. The molecule has 1 aliphatic rings. The van der Waals surface area contributed by atoms with Crippen molar-refractivity contribution >= 4 is 39.7 Å². The van der Waals surface area contributed by atoms with Gasteiger partial charge in [-0.05, 0) is 158 Å². The first-order valence-electron chi connectivity index (χ1n) is 23.5. The van der Waals surface area contributed by atoms with Crippen molar-refractivity contribution < 1.29 is 0 Å². The Bertz CT molecular complexity index is 3320. The minimum absolute atomic E-state index is 1.07. The summed E-state index contributed by atoms with van der Waals surface area (Å²) in [7, 11) is 0. The third-order valence-corrected chi connectivity index (χ3v) is 13.0. The highest BCUT2D eigenvalue weighted by atomic mass is 15.1. The smallest absolute Gasteiger partial charge is 0.0468 e. The minimum atomic E-state index is 1.07. The number of anilines is 6. The monoisotopic (exact) mass is 870 g/mol.